The summed E-state index contributed by atoms with van der Waals surface area (Å²) < 4.78 is 29.4. The molecule has 28 heavy (non-hydrogen) atoms. The second-order valence-electron chi connectivity index (χ2n) is 7.73. The molecular weight excluding hydrogens is 380 g/mol. The van der Waals surface area contributed by atoms with Crippen LogP contribution in [0.25, 0.3) is 5.57 Å². The Morgan fingerprint density at radius 1 is 1.29 bits per heavy atom. The lowest BCUT2D eigenvalue weighted by molar-refractivity contribution is 0.0101. The molecule has 1 aromatic rings. The van der Waals surface area contributed by atoms with Gasteiger partial charge in [0.25, 0.3) is 0 Å². The van der Waals surface area contributed by atoms with E-state index in [1.165, 1.54) is 16.7 Å². The van der Waals surface area contributed by atoms with Gasteiger partial charge in [-0.2, -0.15) is 0 Å². The van der Waals surface area contributed by atoms with Crippen molar-refractivity contribution < 1.29 is 23.1 Å². The average Bonchev–Trinajstić information content (AvgIpc) is 2.66. The van der Waals surface area contributed by atoms with Crippen LogP contribution in [0.15, 0.2) is 23.2 Å². The number of carboxylic acid groups (broad SMARTS) is 1. The molecule has 1 unspecified atom stereocenters. The quantitative estimate of drug-likeness (QED) is 0.804. The number of amides is 1. The lowest BCUT2D eigenvalue weighted by atomic mass is 9.91. The number of carbonyl (C=O) groups is 1. The Balaban J connectivity index is 1.52. The van der Waals surface area contributed by atoms with Gasteiger partial charge in [0.1, 0.15) is 0 Å². The molecule has 2 heterocycles. The summed E-state index contributed by atoms with van der Waals surface area (Å²) in [5.41, 5.74) is 2.94. The number of pyridine rings is 1. The molecule has 1 aromatic heterocycles. The van der Waals surface area contributed by atoms with Crippen LogP contribution in [0, 0.1) is 12.8 Å². The SMILES string of the molecule is Cc1nc(S(C)(=O)=O)ccc1C1=CCC(OCC2CCN(C(=O)O)CC2)CC1. The first-order valence-electron chi connectivity index (χ1n) is 9.70. The van der Waals surface area contributed by atoms with E-state index in [-0.39, 0.29) is 11.1 Å². The molecule has 1 atom stereocenters. The fraction of sp³-hybridized carbons (Fsp3) is 0.600. The second-order valence-corrected chi connectivity index (χ2v) is 9.69. The summed E-state index contributed by atoms with van der Waals surface area (Å²) in [4.78, 5) is 16.7. The second kappa shape index (κ2) is 8.61. The van der Waals surface area contributed by atoms with Gasteiger partial charge in [-0.25, -0.2) is 18.2 Å². The van der Waals surface area contributed by atoms with E-state index < -0.39 is 15.9 Å². The Morgan fingerprint density at radius 2 is 2.00 bits per heavy atom. The lowest BCUT2D eigenvalue weighted by Crippen LogP contribution is -2.38. The zero-order valence-electron chi connectivity index (χ0n) is 16.4. The monoisotopic (exact) mass is 408 g/mol. The molecule has 1 amide bonds. The first-order chi connectivity index (χ1) is 13.2. The Hall–Kier alpha value is -1.93. The largest absolute Gasteiger partial charge is 0.465 e. The van der Waals surface area contributed by atoms with Crippen LogP contribution in [0.5, 0.6) is 0 Å². The molecule has 1 saturated heterocycles. The highest BCUT2D eigenvalue weighted by molar-refractivity contribution is 7.90. The molecule has 2 aliphatic rings. The number of nitrogens with zero attached hydrogens (tertiary/aromatic N) is 2. The predicted molar refractivity (Wildman–Crippen MR) is 106 cm³/mol. The molecule has 1 aliphatic heterocycles. The van der Waals surface area contributed by atoms with Crippen LogP contribution in [-0.2, 0) is 14.6 Å². The van der Waals surface area contributed by atoms with Crippen molar-refractivity contribution >= 4 is 21.5 Å². The normalized spacial score (nSPS) is 21.4. The number of rotatable bonds is 5. The number of hydrogen-bond acceptors (Lipinski definition) is 5. The van der Waals surface area contributed by atoms with Crippen molar-refractivity contribution in [3.8, 4) is 0 Å². The number of piperidine rings is 1. The van der Waals surface area contributed by atoms with Gasteiger partial charge in [0.05, 0.1) is 6.10 Å². The molecule has 154 valence electrons. The van der Waals surface area contributed by atoms with E-state index in [2.05, 4.69) is 11.1 Å². The summed E-state index contributed by atoms with van der Waals surface area (Å²) in [6.07, 6.45) is 7.04. The minimum Gasteiger partial charge on any atom is -0.465 e. The standard InChI is InChI=1S/C20H28N2O5S/c1-14-18(7-8-19(21-14)28(2,25)26)16-3-5-17(6-4-16)27-13-15-9-11-22(12-10-15)20(23)24/h3,7-8,15,17H,4-6,9-13H2,1-2H3,(H,23,24). The van der Waals surface area contributed by atoms with Crippen LogP contribution >= 0.6 is 0 Å². The maximum Gasteiger partial charge on any atom is 0.407 e. The van der Waals surface area contributed by atoms with Crippen molar-refractivity contribution in [1.82, 2.24) is 9.88 Å². The van der Waals surface area contributed by atoms with Gasteiger partial charge < -0.3 is 14.7 Å². The lowest BCUT2D eigenvalue weighted by Gasteiger charge is -2.31. The summed E-state index contributed by atoms with van der Waals surface area (Å²) in [5.74, 6) is 0.427. The van der Waals surface area contributed by atoms with Gasteiger partial charge in [-0.05, 0) is 62.1 Å². The van der Waals surface area contributed by atoms with Crippen LogP contribution in [-0.4, -0.2) is 61.6 Å². The van der Waals surface area contributed by atoms with Gasteiger partial charge in [-0.3, -0.25) is 0 Å². The first kappa shape index (κ1) is 20.8. The molecule has 8 heteroatoms. The zero-order chi connectivity index (χ0) is 20.3. The maximum absolute atomic E-state index is 11.6. The summed E-state index contributed by atoms with van der Waals surface area (Å²) in [6, 6.07) is 3.42. The number of aromatic nitrogens is 1. The number of ether oxygens (including phenoxy) is 1. The molecule has 7 nitrogen and oxygen atoms in total. The molecule has 0 bridgehead atoms. The summed E-state index contributed by atoms with van der Waals surface area (Å²) >= 11 is 0. The number of aryl methyl sites for hydroxylation is 1. The number of hydrogen-bond donors (Lipinski definition) is 1. The van der Waals surface area contributed by atoms with E-state index in [0.717, 1.165) is 43.4 Å². The van der Waals surface area contributed by atoms with E-state index in [1.54, 1.807) is 6.07 Å². The smallest absolute Gasteiger partial charge is 0.407 e. The average molecular weight is 409 g/mol. The van der Waals surface area contributed by atoms with Crippen LogP contribution in [0.2, 0.25) is 0 Å². The van der Waals surface area contributed by atoms with Crippen molar-refractivity contribution in [2.45, 2.75) is 50.2 Å². The van der Waals surface area contributed by atoms with Crippen molar-refractivity contribution in [2.24, 2.45) is 5.92 Å². The van der Waals surface area contributed by atoms with Crippen molar-refractivity contribution in [1.29, 1.82) is 0 Å². The van der Waals surface area contributed by atoms with Crippen LogP contribution in [0.3, 0.4) is 0 Å². The third kappa shape index (κ3) is 5.11. The van der Waals surface area contributed by atoms with E-state index >= 15 is 0 Å². The minimum atomic E-state index is -3.29. The van der Waals surface area contributed by atoms with E-state index in [0.29, 0.717) is 25.6 Å². The highest BCUT2D eigenvalue weighted by Gasteiger charge is 2.24. The van der Waals surface area contributed by atoms with E-state index in [1.807, 2.05) is 13.0 Å². The molecule has 1 N–H and O–H groups in total. The maximum atomic E-state index is 11.6. The molecule has 1 fully saturated rings. The third-order valence-corrected chi connectivity index (χ3v) is 6.59. The molecule has 0 radical (unpaired) electrons. The van der Waals surface area contributed by atoms with Gasteiger partial charge in [-0.15, -0.1) is 0 Å². The molecule has 0 spiro atoms. The Labute approximate surface area is 166 Å². The number of sulfone groups is 1. The van der Waals surface area contributed by atoms with E-state index in [4.69, 9.17) is 9.84 Å². The van der Waals surface area contributed by atoms with Crippen LogP contribution < -0.4 is 0 Å². The van der Waals surface area contributed by atoms with Crippen molar-refractivity contribution in [3.05, 3.63) is 29.5 Å². The minimum absolute atomic E-state index is 0.111. The fourth-order valence-corrected chi connectivity index (χ4v) is 4.47. The van der Waals surface area contributed by atoms with Gasteiger partial charge in [0, 0.05) is 31.6 Å². The van der Waals surface area contributed by atoms with Gasteiger partial charge in [0.2, 0.25) is 0 Å². The summed E-state index contributed by atoms with van der Waals surface area (Å²) in [5, 5.41) is 9.12. The number of allylic oxidation sites excluding steroid dienone is 1. The highest BCUT2D eigenvalue weighted by atomic mass is 32.2. The van der Waals surface area contributed by atoms with E-state index in [9.17, 15) is 13.2 Å². The molecular formula is C20H28N2O5S. The molecule has 0 aromatic carbocycles. The molecule has 0 saturated carbocycles. The Kier molecular flexibility index (Phi) is 6.40. The Bertz CT molecular complexity index is 857. The fourth-order valence-electron chi connectivity index (χ4n) is 3.85. The van der Waals surface area contributed by atoms with Crippen molar-refractivity contribution in [2.75, 3.05) is 26.0 Å². The summed E-state index contributed by atoms with van der Waals surface area (Å²) in [6.45, 7) is 3.71. The number of likely N-dealkylation sites (tertiary alicyclic amines) is 1. The molecule has 3 rings (SSSR count). The Morgan fingerprint density at radius 3 is 2.54 bits per heavy atom. The van der Waals surface area contributed by atoms with Crippen LogP contribution in [0.1, 0.15) is 43.4 Å². The van der Waals surface area contributed by atoms with Crippen LogP contribution in [0.4, 0.5) is 4.79 Å². The summed E-state index contributed by atoms with van der Waals surface area (Å²) in [7, 11) is -3.29. The third-order valence-electron chi connectivity index (χ3n) is 5.60. The molecule has 1 aliphatic carbocycles. The van der Waals surface area contributed by atoms with Gasteiger partial charge in [0.15, 0.2) is 14.9 Å². The topological polar surface area (TPSA) is 96.8 Å². The highest BCUT2D eigenvalue weighted by Crippen LogP contribution is 2.31. The van der Waals surface area contributed by atoms with Gasteiger partial charge >= 0.3 is 6.09 Å². The van der Waals surface area contributed by atoms with Gasteiger partial charge in [-0.1, -0.05) is 12.1 Å². The first-order valence-corrected chi connectivity index (χ1v) is 11.6. The van der Waals surface area contributed by atoms with Crippen molar-refractivity contribution in [3.63, 3.8) is 0 Å². The predicted octanol–water partition coefficient (Wildman–Crippen LogP) is 3.14. The zero-order valence-corrected chi connectivity index (χ0v) is 17.2.